The van der Waals surface area contributed by atoms with E-state index in [1.807, 2.05) is 18.7 Å². The Morgan fingerprint density at radius 2 is 2.21 bits per heavy atom. The fourth-order valence-corrected chi connectivity index (χ4v) is 2.87. The molecule has 1 aromatic heterocycles. The number of hydrogen-bond donors (Lipinski definition) is 1. The maximum atomic E-state index is 4.10. The molecule has 2 heterocycles. The number of aryl methyl sites for hydroxylation is 1. The van der Waals surface area contributed by atoms with E-state index < -0.39 is 0 Å². The van der Waals surface area contributed by atoms with E-state index in [0.29, 0.717) is 11.6 Å². The minimum absolute atomic E-state index is 0.320. The van der Waals surface area contributed by atoms with Crippen molar-refractivity contribution >= 4 is 0 Å². The SMILES string of the molecule is CCC1CN(CCCn2ccnc2)C(C)(CC)CN1. The van der Waals surface area contributed by atoms with Gasteiger partial charge in [0.2, 0.25) is 0 Å². The van der Waals surface area contributed by atoms with Crippen LogP contribution in [0.3, 0.4) is 0 Å². The maximum Gasteiger partial charge on any atom is 0.0945 e. The van der Waals surface area contributed by atoms with E-state index in [0.717, 1.165) is 13.1 Å². The molecule has 2 unspecified atom stereocenters. The van der Waals surface area contributed by atoms with E-state index >= 15 is 0 Å². The third-order valence-corrected chi connectivity index (χ3v) is 4.63. The molecular weight excluding hydrogens is 236 g/mol. The van der Waals surface area contributed by atoms with Crippen LogP contribution in [0.5, 0.6) is 0 Å². The molecule has 1 aromatic rings. The summed E-state index contributed by atoms with van der Waals surface area (Å²) < 4.78 is 2.17. The van der Waals surface area contributed by atoms with Gasteiger partial charge in [-0.2, -0.15) is 0 Å². The smallest absolute Gasteiger partial charge is 0.0945 e. The van der Waals surface area contributed by atoms with Crippen LogP contribution in [-0.4, -0.2) is 45.7 Å². The number of nitrogens with zero attached hydrogens (tertiary/aromatic N) is 3. The zero-order valence-electron chi connectivity index (χ0n) is 12.6. The van der Waals surface area contributed by atoms with Gasteiger partial charge in [-0.3, -0.25) is 4.90 Å². The van der Waals surface area contributed by atoms with Gasteiger partial charge in [0, 0.05) is 50.2 Å². The molecular formula is C15H28N4. The summed E-state index contributed by atoms with van der Waals surface area (Å²) in [4.78, 5) is 6.79. The molecule has 0 saturated carbocycles. The lowest BCUT2D eigenvalue weighted by molar-refractivity contribution is 0.0461. The normalized spacial score (nSPS) is 28.7. The lowest BCUT2D eigenvalue weighted by Gasteiger charge is -2.48. The molecule has 19 heavy (non-hydrogen) atoms. The third kappa shape index (κ3) is 3.57. The lowest BCUT2D eigenvalue weighted by atomic mass is 9.91. The highest BCUT2D eigenvalue weighted by atomic mass is 15.3. The van der Waals surface area contributed by atoms with Gasteiger partial charge in [0.05, 0.1) is 6.33 Å². The molecule has 2 atom stereocenters. The van der Waals surface area contributed by atoms with Gasteiger partial charge < -0.3 is 9.88 Å². The molecule has 4 heteroatoms. The molecule has 4 nitrogen and oxygen atoms in total. The second kappa shape index (κ2) is 6.53. The largest absolute Gasteiger partial charge is 0.337 e. The quantitative estimate of drug-likeness (QED) is 0.854. The van der Waals surface area contributed by atoms with Crippen molar-refractivity contribution in [1.82, 2.24) is 19.8 Å². The van der Waals surface area contributed by atoms with Crippen molar-refractivity contribution in [2.24, 2.45) is 0 Å². The van der Waals surface area contributed by atoms with Crippen LogP contribution in [0, 0.1) is 0 Å². The predicted octanol–water partition coefficient (Wildman–Crippen LogP) is 2.13. The van der Waals surface area contributed by atoms with Crippen LogP contribution in [0.15, 0.2) is 18.7 Å². The molecule has 0 amide bonds. The number of hydrogen-bond acceptors (Lipinski definition) is 3. The van der Waals surface area contributed by atoms with E-state index in [9.17, 15) is 0 Å². The summed E-state index contributed by atoms with van der Waals surface area (Å²) in [5.74, 6) is 0. The lowest BCUT2D eigenvalue weighted by Crippen LogP contribution is -2.63. The summed E-state index contributed by atoms with van der Waals surface area (Å²) in [6.45, 7) is 11.5. The highest BCUT2D eigenvalue weighted by molar-refractivity contribution is 4.94. The van der Waals surface area contributed by atoms with E-state index in [1.165, 1.54) is 32.4 Å². The van der Waals surface area contributed by atoms with Crippen LogP contribution >= 0.6 is 0 Å². The molecule has 1 aliphatic rings. The number of imidazole rings is 1. The van der Waals surface area contributed by atoms with Crippen LogP contribution in [-0.2, 0) is 6.54 Å². The number of nitrogens with one attached hydrogen (secondary N) is 1. The van der Waals surface area contributed by atoms with Crippen molar-refractivity contribution in [3.05, 3.63) is 18.7 Å². The summed E-state index contributed by atoms with van der Waals surface area (Å²) in [5, 5.41) is 3.69. The van der Waals surface area contributed by atoms with Crippen LogP contribution in [0.25, 0.3) is 0 Å². The molecule has 0 bridgehead atoms. The Morgan fingerprint density at radius 3 is 2.84 bits per heavy atom. The van der Waals surface area contributed by atoms with Crippen molar-refractivity contribution in [1.29, 1.82) is 0 Å². The Labute approximate surface area is 117 Å². The molecule has 0 aromatic carbocycles. The molecule has 0 spiro atoms. The average Bonchev–Trinajstić information content (AvgIpc) is 2.94. The molecule has 1 fully saturated rings. The molecule has 0 radical (unpaired) electrons. The van der Waals surface area contributed by atoms with Crippen LogP contribution in [0.2, 0.25) is 0 Å². The van der Waals surface area contributed by atoms with Gasteiger partial charge in [-0.05, 0) is 26.2 Å². The van der Waals surface area contributed by atoms with E-state index in [2.05, 4.69) is 40.5 Å². The van der Waals surface area contributed by atoms with E-state index in [-0.39, 0.29) is 0 Å². The first-order valence-corrected chi connectivity index (χ1v) is 7.62. The van der Waals surface area contributed by atoms with Gasteiger partial charge >= 0.3 is 0 Å². The van der Waals surface area contributed by atoms with Crippen LogP contribution in [0.1, 0.15) is 40.0 Å². The van der Waals surface area contributed by atoms with Crippen molar-refractivity contribution in [2.45, 2.75) is 58.2 Å². The zero-order chi connectivity index (χ0) is 13.7. The maximum absolute atomic E-state index is 4.10. The van der Waals surface area contributed by atoms with Crippen molar-refractivity contribution < 1.29 is 0 Å². The molecule has 1 N–H and O–H groups in total. The molecule has 1 saturated heterocycles. The molecule has 108 valence electrons. The van der Waals surface area contributed by atoms with Gasteiger partial charge in [0.15, 0.2) is 0 Å². The Bertz CT molecular complexity index is 362. The van der Waals surface area contributed by atoms with Gasteiger partial charge in [0.1, 0.15) is 0 Å². The number of piperazine rings is 1. The topological polar surface area (TPSA) is 33.1 Å². The first kappa shape index (κ1) is 14.5. The Kier molecular flexibility index (Phi) is 4.99. The summed E-state index contributed by atoms with van der Waals surface area (Å²) in [5.41, 5.74) is 0.320. The fourth-order valence-electron chi connectivity index (χ4n) is 2.87. The van der Waals surface area contributed by atoms with Crippen LogP contribution < -0.4 is 5.32 Å². The van der Waals surface area contributed by atoms with Gasteiger partial charge in [-0.25, -0.2) is 4.98 Å². The van der Waals surface area contributed by atoms with Crippen molar-refractivity contribution in [2.75, 3.05) is 19.6 Å². The Morgan fingerprint density at radius 1 is 1.37 bits per heavy atom. The van der Waals surface area contributed by atoms with Gasteiger partial charge in [0.25, 0.3) is 0 Å². The minimum atomic E-state index is 0.320. The average molecular weight is 264 g/mol. The summed E-state index contributed by atoms with van der Waals surface area (Å²) in [7, 11) is 0. The summed E-state index contributed by atoms with van der Waals surface area (Å²) in [6, 6.07) is 0.660. The number of aromatic nitrogens is 2. The predicted molar refractivity (Wildman–Crippen MR) is 79.2 cm³/mol. The van der Waals surface area contributed by atoms with Gasteiger partial charge in [-0.15, -0.1) is 0 Å². The third-order valence-electron chi connectivity index (χ3n) is 4.63. The Balaban J connectivity index is 1.86. The fraction of sp³-hybridized carbons (Fsp3) is 0.800. The monoisotopic (exact) mass is 264 g/mol. The highest BCUT2D eigenvalue weighted by Gasteiger charge is 2.35. The van der Waals surface area contributed by atoms with E-state index in [1.54, 1.807) is 0 Å². The molecule has 1 aliphatic heterocycles. The van der Waals surface area contributed by atoms with Gasteiger partial charge in [-0.1, -0.05) is 13.8 Å². The second-order valence-corrected chi connectivity index (χ2v) is 5.94. The van der Waals surface area contributed by atoms with Crippen molar-refractivity contribution in [3.8, 4) is 0 Å². The van der Waals surface area contributed by atoms with E-state index in [4.69, 9.17) is 0 Å². The van der Waals surface area contributed by atoms with Crippen molar-refractivity contribution in [3.63, 3.8) is 0 Å². The zero-order valence-corrected chi connectivity index (χ0v) is 12.6. The number of rotatable bonds is 6. The molecule has 0 aliphatic carbocycles. The second-order valence-electron chi connectivity index (χ2n) is 5.94. The van der Waals surface area contributed by atoms with Crippen LogP contribution in [0.4, 0.5) is 0 Å². The Hall–Kier alpha value is -0.870. The minimum Gasteiger partial charge on any atom is -0.337 e. The highest BCUT2D eigenvalue weighted by Crippen LogP contribution is 2.23. The first-order valence-electron chi connectivity index (χ1n) is 7.62. The first-order chi connectivity index (χ1) is 9.18. The summed E-state index contributed by atoms with van der Waals surface area (Å²) >= 11 is 0. The summed E-state index contributed by atoms with van der Waals surface area (Å²) in [6.07, 6.45) is 9.44. The standard InChI is InChI=1S/C15H28N4/c1-4-14-11-19(15(3,5-2)12-17-14)9-6-8-18-10-7-16-13-18/h7,10,13-14,17H,4-6,8-9,11-12H2,1-3H3. The molecule has 2 rings (SSSR count).